The van der Waals surface area contributed by atoms with E-state index in [1.54, 1.807) is 4.90 Å². The monoisotopic (exact) mass is 427 g/mol. The quantitative estimate of drug-likeness (QED) is 0.415. The van der Waals surface area contributed by atoms with Gasteiger partial charge in [0, 0.05) is 18.9 Å². The third-order valence-corrected chi connectivity index (χ3v) is 6.01. The number of carbonyl (C=O) groups is 1. The van der Waals surface area contributed by atoms with Gasteiger partial charge in [-0.3, -0.25) is 4.90 Å². The lowest BCUT2D eigenvalue weighted by Gasteiger charge is -2.32. The van der Waals surface area contributed by atoms with E-state index in [0.29, 0.717) is 25.2 Å². The molecule has 2 atom stereocenters. The highest BCUT2D eigenvalue weighted by atomic mass is 19.3. The van der Waals surface area contributed by atoms with E-state index in [9.17, 15) is 18.7 Å². The van der Waals surface area contributed by atoms with Crippen molar-refractivity contribution in [3.8, 4) is 0 Å². The Labute approximate surface area is 175 Å². The second-order valence-corrected chi connectivity index (χ2v) is 8.17. The fourth-order valence-corrected chi connectivity index (χ4v) is 4.18. The van der Waals surface area contributed by atoms with Crippen LogP contribution in [0.4, 0.5) is 13.6 Å². The first-order chi connectivity index (χ1) is 14.5. The van der Waals surface area contributed by atoms with E-state index in [4.69, 9.17) is 4.74 Å². The van der Waals surface area contributed by atoms with Crippen LogP contribution >= 0.6 is 0 Å². The summed E-state index contributed by atoms with van der Waals surface area (Å²) < 4.78 is 34.2. The molecule has 0 aromatic carbocycles. The summed E-state index contributed by atoms with van der Waals surface area (Å²) in [5.74, 6) is -3.24. The largest absolute Gasteiger partial charge is 0.447 e. The average Bonchev–Trinajstić information content (AvgIpc) is 3.39. The summed E-state index contributed by atoms with van der Waals surface area (Å²) in [6, 6.07) is -0.423. The number of halogens is 2. The minimum Gasteiger partial charge on any atom is -0.447 e. The maximum absolute atomic E-state index is 14.5. The van der Waals surface area contributed by atoms with Gasteiger partial charge in [-0.2, -0.15) is 5.21 Å². The van der Waals surface area contributed by atoms with Crippen LogP contribution in [0.2, 0.25) is 0 Å². The van der Waals surface area contributed by atoms with E-state index < -0.39 is 30.1 Å². The van der Waals surface area contributed by atoms with E-state index in [2.05, 4.69) is 20.6 Å². The van der Waals surface area contributed by atoms with Crippen LogP contribution in [-0.4, -0.2) is 67.9 Å². The summed E-state index contributed by atoms with van der Waals surface area (Å²) in [5, 5.41) is 23.8. The summed E-state index contributed by atoms with van der Waals surface area (Å²) in [4.78, 5) is 13.5. The van der Waals surface area contributed by atoms with Gasteiger partial charge in [-0.15, -0.1) is 10.2 Å². The van der Waals surface area contributed by atoms with E-state index in [1.165, 1.54) is 6.08 Å². The topological polar surface area (TPSA) is 104 Å². The molecule has 2 heterocycles. The molecule has 1 aromatic heterocycles. The van der Waals surface area contributed by atoms with Crippen LogP contribution in [0, 0.1) is 5.92 Å². The van der Waals surface area contributed by atoms with Gasteiger partial charge in [0.25, 0.3) is 5.92 Å². The molecular formula is C20H31F2N5O3. The van der Waals surface area contributed by atoms with Crippen LogP contribution in [0.25, 0.3) is 0 Å². The van der Waals surface area contributed by atoms with Crippen LogP contribution < -0.4 is 0 Å². The number of aromatic nitrogens is 4. The van der Waals surface area contributed by atoms with Gasteiger partial charge in [0.05, 0.1) is 6.04 Å². The predicted octanol–water partition coefficient (Wildman–Crippen LogP) is 3.26. The molecule has 0 bridgehead atoms. The van der Waals surface area contributed by atoms with Crippen molar-refractivity contribution in [1.82, 2.24) is 25.5 Å². The highest BCUT2D eigenvalue weighted by Crippen LogP contribution is 2.39. The number of aliphatic hydroxyl groups excluding tert-OH is 1. The zero-order valence-electron chi connectivity index (χ0n) is 17.2. The first-order valence-electron chi connectivity index (χ1n) is 10.9. The van der Waals surface area contributed by atoms with Crippen molar-refractivity contribution in [2.45, 2.75) is 82.3 Å². The fourth-order valence-electron chi connectivity index (χ4n) is 4.18. The van der Waals surface area contributed by atoms with Gasteiger partial charge in [0.2, 0.25) is 0 Å². The summed E-state index contributed by atoms with van der Waals surface area (Å²) in [7, 11) is 0. The lowest BCUT2D eigenvalue weighted by molar-refractivity contribution is -0.137. The second kappa shape index (κ2) is 10.8. The number of hydrogen-bond donors (Lipinski definition) is 2. The molecule has 1 saturated heterocycles. The maximum atomic E-state index is 14.5. The van der Waals surface area contributed by atoms with Crippen molar-refractivity contribution in [3.05, 3.63) is 18.0 Å². The molecule has 2 unspecified atom stereocenters. The molecule has 0 spiro atoms. The Hall–Kier alpha value is -2.10. The van der Waals surface area contributed by atoms with Crippen molar-refractivity contribution < 1.29 is 23.4 Å². The second-order valence-electron chi connectivity index (χ2n) is 8.17. The third kappa shape index (κ3) is 5.96. The number of hydrogen-bond acceptors (Lipinski definition) is 6. The number of aromatic amines is 1. The minimum absolute atomic E-state index is 0.120. The third-order valence-electron chi connectivity index (χ3n) is 6.01. The van der Waals surface area contributed by atoms with Crippen molar-refractivity contribution in [3.63, 3.8) is 0 Å². The number of alkyl halides is 2. The normalized spacial score (nSPS) is 22.0. The van der Waals surface area contributed by atoms with Crippen molar-refractivity contribution in [2.24, 2.45) is 5.92 Å². The number of H-pyrrole nitrogens is 1. The summed E-state index contributed by atoms with van der Waals surface area (Å²) >= 11 is 0. The van der Waals surface area contributed by atoms with Crippen molar-refractivity contribution in [1.29, 1.82) is 0 Å². The number of amides is 1. The smallest absolute Gasteiger partial charge is 0.410 e. The number of ether oxygens (including phenoxy) is 1. The number of aryl methyl sites for hydroxylation is 1. The number of carbonyl (C=O) groups excluding carboxylic acids is 1. The molecule has 10 heteroatoms. The Bertz CT molecular complexity index is 680. The molecule has 30 heavy (non-hydrogen) atoms. The van der Waals surface area contributed by atoms with E-state index in [-0.39, 0.29) is 6.61 Å². The fraction of sp³-hybridized carbons (Fsp3) is 0.800. The number of aliphatic hydroxyl groups is 1. The lowest BCUT2D eigenvalue weighted by atomic mass is 9.82. The van der Waals surface area contributed by atoms with E-state index in [0.717, 1.165) is 57.4 Å². The number of nitrogens with one attached hydrogen (secondary N) is 1. The molecule has 1 aliphatic heterocycles. The Kier molecular flexibility index (Phi) is 8.12. The molecular weight excluding hydrogens is 396 g/mol. The first-order valence-corrected chi connectivity index (χ1v) is 10.9. The number of unbranched alkanes of at least 4 members (excludes halogenated alkanes) is 3. The number of rotatable bonds is 11. The zero-order chi connectivity index (χ0) is 21.4. The van der Waals surface area contributed by atoms with Gasteiger partial charge in [-0.05, 0) is 25.7 Å². The van der Waals surface area contributed by atoms with Gasteiger partial charge in [0.1, 0.15) is 12.7 Å². The van der Waals surface area contributed by atoms with Crippen LogP contribution in [0.15, 0.2) is 12.2 Å². The van der Waals surface area contributed by atoms with Crippen molar-refractivity contribution >= 4 is 6.09 Å². The van der Waals surface area contributed by atoms with Gasteiger partial charge >= 0.3 is 6.09 Å². The van der Waals surface area contributed by atoms with Crippen molar-refractivity contribution in [2.75, 3.05) is 13.2 Å². The van der Waals surface area contributed by atoms with Crippen LogP contribution in [-0.2, 0) is 11.2 Å². The highest BCUT2D eigenvalue weighted by Gasteiger charge is 2.45. The van der Waals surface area contributed by atoms with E-state index in [1.807, 2.05) is 0 Å². The predicted molar refractivity (Wildman–Crippen MR) is 105 cm³/mol. The standard InChI is InChI=1S/C20H31F2N5O3/c21-20(22,15-8-4-3-5-9-15)17(28)12-11-16-14-30-19(29)27(16)13-7-2-1-6-10-18-23-25-26-24-18/h11-12,15-17,28H,1-10,13-14H2,(H,23,24,25,26). The Balaban J connectivity index is 1.42. The molecule has 8 nitrogen and oxygen atoms in total. The van der Waals surface area contributed by atoms with Gasteiger partial charge in [-0.25, -0.2) is 13.6 Å². The molecule has 1 aromatic rings. The summed E-state index contributed by atoms with van der Waals surface area (Å²) in [6.45, 7) is 0.611. The first kappa shape index (κ1) is 22.6. The molecule has 1 aliphatic carbocycles. The lowest BCUT2D eigenvalue weighted by Crippen LogP contribution is -2.41. The molecule has 2 N–H and O–H groups in total. The molecule has 2 aliphatic rings. The number of cyclic esters (lactones) is 1. The SMILES string of the molecule is O=C1OCC(C=CC(O)C(F)(F)C2CCCCC2)N1CCCCCCc1nn[nH]n1. The van der Waals surface area contributed by atoms with Crippen LogP contribution in [0.3, 0.4) is 0 Å². The van der Waals surface area contributed by atoms with Gasteiger partial charge in [0.15, 0.2) is 5.82 Å². The molecule has 0 radical (unpaired) electrons. The maximum Gasteiger partial charge on any atom is 0.410 e. The van der Waals surface area contributed by atoms with Crippen LogP contribution in [0.5, 0.6) is 0 Å². The molecule has 2 fully saturated rings. The molecule has 3 rings (SSSR count). The molecule has 1 saturated carbocycles. The van der Waals surface area contributed by atoms with E-state index >= 15 is 0 Å². The average molecular weight is 427 g/mol. The summed E-state index contributed by atoms with van der Waals surface area (Å²) in [6.07, 6.45) is 8.12. The Morgan fingerprint density at radius 3 is 2.73 bits per heavy atom. The number of nitrogens with zero attached hydrogens (tertiary/aromatic N) is 4. The minimum atomic E-state index is -3.15. The Morgan fingerprint density at radius 2 is 2.00 bits per heavy atom. The Morgan fingerprint density at radius 1 is 1.23 bits per heavy atom. The highest BCUT2D eigenvalue weighted by molar-refractivity contribution is 5.70. The molecule has 1 amide bonds. The number of tetrazole rings is 1. The van der Waals surface area contributed by atoms with Crippen LogP contribution in [0.1, 0.15) is 63.6 Å². The molecule has 168 valence electrons. The summed E-state index contributed by atoms with van der Waals surface area (Å²) in [5.41, 5.74) is 0. The van der Waals surface area contributed by atoms with Gasteiger partial charge < -0.3 is 9.84 Å². The van der Waals surface area contributed by atoms with Gasteiger partial charge in [-0.1, -0.05) is 49.5 Å². The zero-order valence-corrected chi connectivity index (χ0v) is 17.2.